The lowest BCUT2D eigenvalue weighted by Gasteiger charge is -2.33. The minimum atomic E-state index is -1.29. The van der Waals surface area contributed by atoms with Crippen LogP contribution in [-0.4, -0.2) is 42.1 Å². The van der Waals surface area contributed by atoms with Crippen LogP contribution in [0, 0.1) is 5.82 Å². The lowest BCUT2D eigenvalue weighted by molar-refractivity contribution is -0.130. The molecule has 1 heterocycles. The van der Waals surface area contributed by atoms with Crippen molar-refractivity contribution in [3.63, 3.8) is 0 Å². The molecule has 5 nitrogen and oxygen atoms in total. The van der Waals surface area contributed by atoms with Crippen LogP contribution in [0.5, 0.6) is 0 Å². The molecule has 7 heteroatoms. The van der Waals surface area contributed by atoms with Crippen molar-refractivity contribution in [1.82, 2.24) is 10.2 Å². The van der Waals surface area contributed by atoms with Crippen LogP contribution in [0.4, 0.5) is 10.1 Å². The number of carbonyl (C=O) groups excluding carboxylic acids is 2. The number of benzene rings is 2. The molecule has 148 valence electrons. The molecule has 3 rings (SSSR count). The largest absolute Gasteiger partial charge is 0.348 e. The molecule has 1 aliphatic heterocycles. The van der Waals surface area contributed by atoms with E-state index < -0.39 is 4.75 Å². The smallest absolute Gasteiger partial charge is 0.250 e. The number of nitrogens with zero attached hydrogens (tertiary/aromatic N) is 1. The first-order valence-electron chi connectivity index (χ1n) is 9.10. The molecule has 2 atom stereocenters. The summed E-state index contributed by atoms with van der Waals surface area (Å²) >= 11 is 1.25. The fourth-order valence-electron chi connectivity index (χ4n) is 3.02. The van der Waals surface area contributed by atoms with E-state index in [-0.39, 0.29) is 23.7 Å². The highest BCUT2D eigenvalue weighted by molar-refractivity contribution is 8.02. The molecule has 2 aromatic rings. The van der Waals surface area contributed by atoms with Crippen LogP contribution >= 0.6 is 11.8 Å². The molecule has 0 aliphatic carbocycles. The number of anilines is 1. The first-order chi connectivity index (χ1) is 13.3. The third-order valence-corrected chi connectivity index (χ3v) is 6.11. The van der Waals surface area contributed by atoms with E-state index in [0.29, 0.717) is 12.1 Å². The fraction of sp³-hybridized carbons (Fsp3) is 0.333. The molecule has 2 N–H and O–H groups in total. The summed E-state index contributed by atoms with van der Waals surface area (Å²) in [5.74, 6) is -1.04. The van der Waals surface area contributed by atoms with Gasteiger partial charge >= 0.3 is 0 Å². The van der Waals surface area contributed by atoms with Crippen molar-refractivity contribution in [2.24, 2.45) is 0 Å². The molecule has 2 unspecified atom stereocenters. The zero-order chi connectivity index (χ0) is 20.3. The summed E-state index contributed by atoms with van der Waals surface area (Å²) in [7, 11) is 3.90. The second-order valence-electron chi connectivity index (χ2n) is 7.26. The molecule has 0 saturated carbocycles. The van der Waals surface area contributed by atoms with Crippen LogP contribution in [-0.2, 0) is 9.59 Å². The third kappa shape index (κ3) is 4.36. The number of hydrogen-bond acceptors (Lipinski definition) is 4. The summed E-state index contributed by atoms with van der Waals surface area (Å²) in [4.78, 5) is 28.7. The highest BCUT2D eigenvalue weighted by atomic mass is 32.2. The van der Waals surface area contributed by atoms with Gasteiger partial charge in [-0.15, -0.1) is 0 Å². The molecule has 28 heavy (non-hydrogen) atoms. The zero-order valence-corrected chi connectivity index (χ0v) is 17.0. The first-order valence-corrected chi connectivity index (χ1v) is 9.92. The molecule has 0 fully saturated rings. The van der Waals surface area contributed by atoms with Gasteiger partial charge in [0.1, 0.15) is 5.82 Å². The molecule has 0 radical (unpaired) electrons. The molecule has 1 aliphatic rings. The average Bonchev–Trinajstić information content (AvgIpc) is 2.66. The number of rotatable bonds is 6. The summed E-state index contributed by atoms with van der Waals surface area (Å²) in [5.41, 5.74) is 1.52. The third-order valence-electron chi connectivity index (χ3n) is 4.76. The van der Waals surface area contributed by atoms with E-state index in [0.717, 1.165) is 17.0 Å². The van der Waals surface area contributed by atoms with Gasteiger partial charge in [0.25, 0.3) is 0 Å². The molecule has 0 bridgehead atoms. The van der Waals surface area contributed by atoms with Gasteiger partial charge in [0.05, 0.1) is 11.7 Å². The number of para-hydroxylation sites is 1. The number of carbonyl (C=O) groups is 2. The highest BCUT2D eigenvalue weighted by Gasteiger charge is 2.46. The Labute approximate surface area is 168 Å². The van der Waals surface area contributed by atoms with Gasteiger partial charge in [0.2, 0.25) is 11.8 Å². The van der Waals surface area contributed by atoms with Crippen molar-refractivity contribution in [1.29, 1.82) is 0 Å². The summed E-state index contributed by atoms with van der Waals surface area (Å²) in [6.45, 7) is 2.37. The average molecular weight is 402 g/mol. The van der Waals surface area contributed by atoms with Gasteiger partial charge in [-0.25, -0.2) is 4.39 Å². The predicted molar refractivity (Wildman–Crippen MR) is 110 cm³/mol. The maximum absolute atomic E-state index is 13.3. The van der Waals surface area contributed by atoms with Crippen LogP contribution in [0.25, 0.3) is 0 Å². The minimum absolute atomic E-state index is 0.321. The van der Waals surface area contributed by atoms with Gasteiger partial charge in [0, 0.05) is 4.90 Å². The summed E-state index contributed by atoms with van der Waals surface area (Å²) < 4.78 is 12.0. The quantitative estimate of drug-likeness (QED) is 0.728. The molecular weight excluding hydrogens is 377 g/mol. The first kappa shape index (κ1) is 20.4. The van der Waals surface area contributed by atoms with Crippen LogP contribution in [0.1, 0.15) is 24.9 Å². The Morgan fingerprint density at radius 2 is 1.89 bits per heavy atom. The Morgan fingerprint density at radius 1 is 1.21 bits per heavy atom. The van der Waals surface area contributed by atoms with E-state index in [1.165, 1.54) is 23.9 Å². The maximum Gasteiger partial charge on any atom is 0.250 e. The van der Waals surface area contributed by atoms with Crippen LogP contribution in [0.2, 0.25) is 0 Å². The Balaban J connectivity index is 1.82. The Hall–Kier alpha value is -2.38. The second kappa shape index (κ2) is 8.32. The standard InChI is InChI=1S/C21H24FN3O2S/c1-21(20(27)24-17-6-4-5-7-18(17)28-21)19(26)23-16(12-13-25(2)3)14-8-10-15(22)11-9-14/h4-11,16H,12-13H2,1-3H3,(H,23,26)(H,24,27). The Bertz CT molecular complexity index is 872. The van der Waals surface area contributed by atoms with Crippen molar-refractivity contribution >= 4 is 29.3 Å². The Morgan fingerprint density at radius 3 is 2.57 bits per heavy atom. The highest BCUT2D eigenvalue weighted by Crippen LogP contribution is 2.42. The van der Waals surface area contributed by atoms with E-state index in [9.17, 15) is 14.0 Å². The Kier molecular flexibility index (Phi) is 6.05. The molecular formula is C21H24FN3O2S. The zero-order valence-electron chi connectivity index (χ0n) is 16.2. The van der Waals surface area contributed by atoms with Gasteiger partial charge in [-0.05, 0) is 63.8 Å². The molecule has 2 aromatic carbocycles. The predicted octanol–water partition coefficient (Wildman–Crippen LogP) is 3.44. The number of fused-ring (bicyclic) bond motifs is 1. The van der Waals surface area contributed by atoms with Gasteiger partial charge < -0.3 is 15.5 Å². The molecule has 2 amide bonds. The van der Waals surface area contributed by atoms with E-state index >= 15 is 0 Å². The number of halogens is 1. The fourth-order valence-corrected chi connectivity index (χ4v) is 4.13. The van der Waals surface area contributed by atoms with E-state index in [4.69, 9.17) is 0 Å². The lowest BCUT2D eigenvalue weighted by Crippen LogP contribution is -2.53. The summed E-state index contributed by atoms with van der Waals surface area (Å²) in [6, 6.07) is 13.2. The number of hydrogen-bond donors (Lipinski definition) is 2. The topological polar surface area (TPSA) is 61.4 Å². The van der Waals surface area contributed by atoms with Gasteiger partial charge in [-0.3, -0.25) is 9.59 Å². The summed E-state index contributed by atoms with van der Waals surface area (Å²) in [6.07, 6.45) is 0.642. The van der Waals surface area contributed by atoms with E-state index in [2.05, 4.69) is 10.6 Å². The van der Waals surface area contributed by atoms with Crippen LogP contribution in [0.15, 0.2) is 53.4 Å². The molecule has 0 spiro atoms. The van der Waals surface area contributed by atoms with E-state index in [1.807, 2.05) is 43.3 Å². The van der Waals surface area contributed by atoms with Crippen LogP contribution in [0.3, 0.4) is 0 Å². The van der Waals surface area contributed by atoms with Crippen molar-refractivity contribution in [2.75, 3.05) is 26.0 Å². The summed E-state index contributed by atoms with van der Waals surface area (Å²) in [5, 5.41) is 5.83. The van der Waals surface area contributed by atoms with Crippen LogP contribution < -0.4 is 10.6 Å². The lowest BCUT2D eigenvalue weighted by atomic mass is 10.0. The van der Waals surface area contributed by atoms with Crippen molar-refractivity contribution in [3.8, 4) is 0 Å². The normalized spacial score (nSPS) is 19.7. The SMILES string of the molecule is CN(C)CCC(NC(=O)C1(C)Sc2ccccc2NC1=O)c1ccc(F)cc1. The maximum atomic E-state index is 13.3. The van der Waals surface area contributed by atoms with Gasteiger partial charge in [0.15, 0.2) is 4.75 Å². The van der Waals surface area contributed by atoms with Gasteiger partial charge in [-0.2, -0.15) is 0 Å². The van der Waals surface area contributed by atoms with Crippen molar-refractivity contribution in [3.05, 3.63) is 59.9 Å². The van der Waals surface area contributed by atoms with E-state index in [1.54, 1.807) is 19.1 Å². The monoisotopic (exact) mass is 401 g/mol. The minimum Gasteiger partial charge on any atom is -0.348 e. The van der Waals surface area contributed by atoms with Crippen molar-refractivity contribution < 1.29 is 14.0 Å². The molecule has 0 saturated heterocycles. The number of amides is 2. The van der Waals surface area contributed by atoms with Gasteiger partial charge in [-0.1, -0.05) is 36.0 Å². The molecule has 0 aromatic heterocycles. The van der Waals surface area contributed by atoms with Crippen molar-refractivity contribution in [2.45, 2.75) is 29.0 Å². The number of thioether (sulfide) groups is 1. The second-order valence-corrected chi connectivity index (χ2v) is 8.72. The number of nitrogens with one attached hydrogen (secondary N) is 2.